The molecule has 0 aliphatic carbocycles. The number of anilines is 1. The third-order valence-corrected chi connectivity index (χ3v) is 3.18. The number of methoxy groups -OCH3 is 1. The van der Waals surface area contributed by atoms with E-state index in [1.54, 1.807) is 12.1 Å². The number of halogens is 1. The molecule has 104 valence electrons. The van der Waals surface area contributed by atoms with E-state index in [0.29, 0.717) is 18.7 Å². The molecule has 1 aliphatic rings. The predicted octanol–water partition coefficient (Wildman–Crippen LogP) is 1.94. The summed E-state index contributed by atoms with van der Waals surface area (Å²) in [6.07, 6.45) is 0.688. The van der Waals surface area contributed by atoms with Gasteiger partial charge < -0.3 is 15.0 Å². The highest BCUT2D eigenvalue weighted by molar-refractivity contribution is 5.99. The van der Waals surface area contributed by atoms with Crippen molar-refractivity contribution in [1.29, 1.82) is 0 Å². The fourth-order valence-electron chi connectivity index (χ4n) is 2.30. The molecule has 1 unspecified atom stereocenters. The molecule has 1 atom stereocenters. The van der Waals surface area contributed by atoms with Gasteiger partial charge in [0.05, 0.1) is 18.8 Å². The number of nitrogens with one attached hydrogen (secondary N) is 1. The van der Waals surface area contributed by atoms with E-state index in [4.69, 9.17) is 4.74 Å². The van der Waals surface area contributed by atoms with Crippen molar-refractivity contribution in [1.82, 2.24) is 5.32 Å². The van der Waals surface area contributed by atoms with Crippen LogP contribution in [0.15, 0.2) is 18.2 Å². The Labute approximate surface area is 112 Å². The van der Waals surface area contributed by atoms with E-state index in [9.17, 15) is 9.18 Å². The molecule has 1 N–H and O–H groups in total. The van der Waals surface area contributed by atoms with Crippen LogP contribution < -0.4 is 15.0 Å². The fraction of sp³-hybridized carbons (Fsp3) is 0.500. The Hall–Kier alpha value is -1.62. The zero-order valence-corrected chi connectivity index (χ0v) is 11.4. The van der Waals surface area contributed by atoms with E-state index in [2.05, 4.69) is 5.32 Å². The summed E-state index contributed by atoms with van der Waals surface area (Å²) in [7, 11) is 1.52. The highest BCUT2D eigenvalue weighted by atomic mass is 19.1. The summed E-state index contributed by atoms with van der Waals surface area (Å²) in [6, 6.07) is 4.42. The zero-order valence-electron chi connectivity index (χ0n) is 11.4. The van der Waals surface area contributed by atoms with Crippen molar-refractivity contribution >= 4 is 11.6 Å². The molecule has 0 bridgehead atoms. The van der Waals surface area contributed by atoms with Crippen LogP contribution in [-0.2, 0) is 4.79 Å². The molecule has 1 heterocycles. The molecule has 1 aromatic rings. The van der Waals surface area contributed by atoms with Crippen molar-refractivity contribution in [2.75, 3.05) is 18.6 Å². The minimum atomic E-state index is -0.403. The van der Waals surface area contributed by atoms with E-state index in [1.807, 2.05) is 13.8 Å². The van der Waals surface area contributed by atoms with Crippen LogP contribution in [0, 0.1) is 5.82 Å². The minimum Gasteiger partial charge on any atom is -0.497 e. The summed E-state index contributed by atoms with van der Waals surface area (Å²) < 4.78 is 18.9. The average Bonchev–Trinajstić information content (AvgIpc) is 2.71. The van der Waals surface area contributed by atoms with E-state index in [-0.39, 0.29) is 23.7 Å². The molecule has 0 radical (unpaired) electrons. The number of hydrogen-bond acceptors (Lipinski definition) is 3. The third kappa shape index (κ3) is 2.87. The summed E-state index contributed by atoms with van der Waals surface area (Å²) in [6.45, 7) is 4.50. The Balaban J connectivity index is 2.21. The number of benzene rings is 1. The lowest BCUT2D eigenvalue weighted by molar-refractivity contribution is -0.119. The van der Waals surface area contributed by atoms with E-state index >= 15 is 0 Å². The van der Waals surface area contributed by atoms with Crippen molar-refractivity contribution < 1.29 is 13.9 Å². The van der Waals surface area contributed by atoms with Crippen molar-refractivity contribution in [3.63, 3.8) is 0 Å². The number of carbonyl (C=O) groups excluding carboxylic acids is 1. The Kier molecular flexibility index (Phi) is 4.04. The van der Waals surface area contributed by atoms with Crippen LogP contribution in [0.3, 0.4) is 0 Å². The minimum absolute atomic E-state index is 0.0825. The van der Waals surface area contributed by atoms with Gasteiger partial charge in [0, 0.05) is 18.7 Å². The summed E-state index contributed by atoms with van der Waals surface area (Å²) >= 11 is 0. The van der Waals surface area contributed by atoms with Gasteiger partial charge in [-0.25, -0.2) is 4.39 Å². The van der Waals surface area contributed by atoms with Crippen LogP contribution in [0.2, 0.25) is 0 Å². The highest BCUT2D eigenvalue weighted by Crippen LogP contribution is 2.28. The van der Waals surface area contributed by atoms with E-state index in [1.165, 1.54) is 18.1 Å². The molecule has 1 amide bonds. The standard InChI is InChI=1S/C14H19FN2O2/c1-9(2)16-12-6-7-17(14(12)18)13-8-10(19-3)4-5-11(13)15/h4-5,8-9,12,16H,6-7H2,1-3H3. The Morgan fingerprint density at radius 1 is 1.47 bits per heavy atom. The lowest BCUT2D eigenvalue weighted by atomic mass is 10.2. The van der Waals surface area contributed by atoms with E-state index < -0.39 is 5.82 Å². The van der Waals surface area contributed by atoms with Gasteiger partial charge in [-0.05, 0) is 18.6 Å². The predicted molar refractivity (Wildman–Crippen MR) is 72.0 cm³/mol. The van der Waals surface area contributed by atoms with Crippen molar-refractivity contribution in [3.8, 4) is 5.75 Å². The molecule has 4 nitrogen and oxygen atoms in total. The van der Waals surface area contributed by atoms with Gasteiger partial charge >= 0.3 is 0 Å². The number of ether oxygens (including phenoxy) is 1. The van der Waals surface area contributed by atoms with Crippen LogP contribution in [0.1, 0.15) is 20.3 Å². The normalized spacial score (nSPS) is 19.3. The first-order valence-corrected chi connectivity index (χ1v) is 6.44. The third-order valence-electron chi connectivity index (χ3n) is 3.18. The van der Waals surface area contributed by atoms with Crippen molar-refractivity contribution in [3.05, 3.63) is 24.0 Å². The monoisotopic (exact) mass is 266 g/mol. The molecule has 2 rings (SSSR count). The molecule has 1 aromatic carbocycles. The molecule has 5 heteroatoms. The molecule has 19 heavy (non-hydrogen) atoms. The lowest BCUT2D eigenvalue weighted by Crippen LogP contribution is -2.41. The van der Waals surface area contributed by atoms with Crippen molar-refractivity contribution in [2.45, 2.75) is 32.4 Å². The maximum Gasteiger partial charge on any atom is 0.244 e. The van der Waals surface area contributed by atoms with Gasteiger partial charge in [-0.15, -0.1) is 0 Å². The number of carbonyl (C=O) groups is 1. The first-order valence-electron chi connectivity index (χ1n) is 6.44. The topological polar surface area (TPSA) is 41.6 Å². The smallest absolute Gasteiger partial charge is 0.244 e. The van der Waals surface area contributed by atoms with Gasteiger partial charge in [0.15, 0.2) is 0 Å². The number of rotatable bonds is 4. The summed E-state index contributed by atoms with van der Waals surface area (Å²) in [5, 5.41) is 3.19. The molecule has 1 aliphatic heterocycles. The quantitative estimate of drug-likeness (QED) is 0.905. The summed E-state index contributed by atoms with van der Waals surface area (Å²) in [5.74, 6) is 0.0599. The second-order valence-electron chi connectivity index (χ2n) is 4.97. The second kappa shape index (κ2) is 5.57. The molecule has 0 saturated carbocycles. The maximum atomic E-state index is 13.9. The van der Waals surface area contributed by atoms with Crippen LogP contribution in [0.4, 0.5) is 10.1 Å². The zero-order chi connectivity index (χ0) is 14.0. The molecule has 1 fully saturated rings. The Morgan fingerprint density at radius 3 is 2.84 bits per heavy atom. The SMILES string of the molecule is COc1ccc(F)c(N2CCC(NC(C)C)C2=O)c1. The number of amides is 1. The van der Waals surface area contributed by atoms with E-state index in [0.717, 1.165) is 0 Å². The van der Waals surface area contributed by atoms with Gasteiger partial charge in [-0.2, -0.15) is 0 Å². The van der Waals surface area contributed by atoms with Crippen LogP contribution in [0.25, 0.3) is 0 Å². The summed E-state index contributed by atoms with van der Waals surface area (Å²) in [4.78, 5) is 13.7. The molecule has 0 spiro atoms. The van der Waals surface area contributed by atoms with Gasteiger partial charge in [-0.3, -0.25) is 4.79 Å². The lowest BCUT2D eigenvalue weighted by Gasteiger charge is -2.19. The van der Waals surface area contributed by atoms with Gasteiger partial charge in [-0.1, -0.05) is 13.8 Å². The van der Waals surface area contributed by atoms with Crippen LogP contribution in [0.5, 0.6) is 5.75 Å². The fourth-order valence-corrected chi connectivity index (χ4v) is 2.30. The molecule has 0 aromatic heterocycles. The first kappa shape index (κ1) is 13.8. The second-order valence-corrected chi connectivity index (χ2v) is 4.97. The number of nitrogens with zero attached hydrogens (tertiary/aromatic N) is 1. The summed E-state index contributed by atoms with van der Waals surface area (Å²) in [5.41, 5.74) is 0.289. The van der Waals surface area contributed by atoms with Gasteiger partial charge in [0.2, 0.25) is 5.91 Å². The van der Waals surface area contributed by atoms with Crippen LogP contribution in [-0.4, -0.2) is 31.6 Å². The highest BCUT2D eigenvalue weighted by Gasteiger charge is 2.34. The molecule has 1 saturated heterocycles. The van der Waals surface area contributed by atoms with Gasteiger partial charge in [0.25, 0.3) is 0 Å². The number of hydrogen-bond donors (Lipinski definition) is 1. The molecular formula is C14H19FN2O2. The van der Waals surface area contributed by atoms with Crippen LogP contribution >= 0.6 is 0 Å². The van der Waals surface area contributed by atoms with Crippen molar-refractivity contribution in [2.24, 2.45) is 0 Å². The maximum absolute atomic E-state index is 13.9. The first-order chi connectivity index (χ1) is 9.02. The average molecular weight is 266 g/mol. The van der Waals surface area contributed by atoms with Gasteiger partial charge in [0.1, 0.15) is 11.6 Å². The molecular weight excluding hydrogens is 247 g/mol. The largest absolute Gasteiger partial charge is 0.497 e. The Bertz CT molecular complexity index is 477. The Morgan fingerprint density at radius 2 is 2.21 bits per heavy atom.